The number of hydrogen-bond donors (Lipinski definition) is 1. The van der Waals surface area contributed by atoms with Crippen LogP contribution in [0.15, 0.2) is 42.5 Å². The van der Waals surface area contributed by atoms with Gasteiger partial charge in [0.25, 0.3) is 0 Å². The van der Waals surface area contributed by atoms with E-state index >= 15 is 0 Å². The van der Waals surface area contributed by atoms with Gasteiger partial charge >= 0.3 is 0 Å². The number of fused-ring (bicyclic) bond motifs is 1. The highest BCUT2D eigenvalue weighted by molar-refractivity contribution is 5.99. The van der Waals surface area contributed by atoms with Crippen molar-refractivity contribution in [2.45, 2.75) is 39.0 Å². The lowest BCUT2D eigenvalue weighted by Crippen LogP contribution is -1.99. The summed E-state index contributed by atoms with van der Waals surface area (Å²) in [5.41, 5.74) is 5.95. The van der Waals surface area contributed by atoms with Gasteiger partial charge in [-0.3, -0.25) is 4.79 Å². The van der Waals surface area contributed by atoms with Crippen molar-refractivity contribution in [3.05, 3.63) is 65.0 Å². The maximum Gasteiger partial charge on any atom is 0.156 e. The molecule has 0 radical (unpaired) electrons. The summed E-state index contributed by atoms with van der Waals surface area (Å²) in [7, 11) is 0. The van der Waals surface area contributed by atoms with E-state index in [0.717, 1.165) is 29.7 Å². The fourth-order valence-corrected chi connectivity index (χ4v) is 2.95. The number of aromatic amines is 1. The van der Waals surface area contributed by atoms with Gasteiger partial charge in [0.1, 0.15) is 0 Å². The molecule has 108 valence electrons. The molecule has 0 unspecified atom stereocenters. The molecule has 1 aliphatic carbocycles. The third-order valence-electron chi connectivity index (χ3n) is 4.14. The average Bonchev–Trinajstić information content (AvgIpc) is 2.96. The van der Waals surface area contributed by atoms with Crippen molar-refractivity contribution in [3.63, 3.8) is 0 Å². The molecule has 0 amide bonds. The van der Waals surface area contributed by atoms with Gasteiger partial charge in [-0.05, 0) is 49.0 Å². The van der Waals surface area contributed by atoms with E-state index < -0.39 is 0 Å². The molecule has 1 heterocycles. The lowest BCUT2D eigenvalue weighted by Gasteiger charge is -2.09. The van der Waals surface area contributed by atoms with E-state index in [-0.39, 0.29) is 5.78 Å². The summed E-state index contributed by atoms with van der Waals surface area (Å²) in [4.78, 5) is 15.5. The number of rotatable bonds is 4. The van der Waals surface area contributed by atoms with Crippen LogP contribution in [0.3, 0.4) is 0 Å². The van der Waals surface area contributed by atoms with Crippen LogP contribution in [0.2, 0.25) is 0 Å². The second kappa shape index (κ2) is 6.13. The van der Waals surface area contributed by atoms with E-state index in [1.165, 1.54) is 24.1 Å². The van der Waals surface area contributed by atoms with Gasteiger partial charge in [0.2, 0.25) is 0 Å². The highest BCUT2D eigenvalue weighted by Crippen LogP contribution is 2.28. The van der Waals surface area contributed by atoms with Gasteiger partial charge in [0.15, 0.2) is 5.78 Å². The Morgan fingerprint density at radius 3 is 2.67 bits per heavy atom. The number of aryl methyl sites for hydroxylation is 2. The topological polar surface area (TPSA) is 32.9 Å². The molecule has 1 aliphatic rings. The highest BCUT2D eigenvalue weighted by Gasteiger charge is 2.16. The average molecular weight is 279 g/mol. The lowest BCUT2D eigenvalue weighted by molar-refractivity contribution is -0.114. The zero-order chi connectivity index (χ0) is 14.7. The Morgan fingerprint density at radius 1 is 1.19 bits per heavy atom. The van der Waals surface area contributed by atoms with Crippen LogP contribution in [0.1, 0.15) is 48.7 Å². The number of carbonyl (C=O) groups excluding carboxylic acids is 1. The zero-order valence-corrected chi connectivity index (χ0v) is 12.5. The van der Waals surface area contributed by atoms with Crippen molar-refractivity contribution in [1.29, 1.82) is 0 Å². The fraction of sp³-hybridized carbons (Fsp3) is 0.316. The molecule has 0 atom stereocenters. The molecule has 0 aliphatic heterocycles. The maximum atomic E-state index is 11.9. The number of carbonyl (C=O) groups is 1. The van der Waals surface area contributed by atoms with Crippen molar-refractivity contribution < 1.29 is 4.79 Å². The third kappa shape index (κ3) is 2.99. The van der Waals surface area contributed by atoms with Crippen LogP contribution in [0.25, 0.3) is 5.57 Å². The number of ketones is 1. The molecule has 21 heavy (non-hydrogen) atoms. The Kier molecular flexibility index (Phi) is 4.05. The van der Waals surface area contributed by atoms with Crippen molar-refractivity contribution in [2.75, 3.05) is 0 Å². The second-order valence-corrected chi connectivity index (χ2v) is 5.64. The first-order valence-corrected chi connectivity index (χ1v) is 7.79. The van der Waals surface area contributed by atoms with Gasteiger partial charge < -0.3 is 4.98 Å². The van der Waals surface area contributed by atoms with Crippen molar-refractivity contribution in [2.24, 2.45) is 0 Å². The first kappa shape index (κ1) is 13.9. The number of nitrogens with one attached hydrogen (secondary N) is 1. The molecule has 1 aromatic carbocycles. The second-order valence-electron chi connectivity index (χ2n) is 5.64. The highest BCUT2D eigenvalue weighted by atomic mass is 16.1. The minimum absolute atomic E-state index is 0.168. The van der Waals surface area contributed by atoms with E-state index in [1.54, 1.807) is 6.08 Å². The molecule has 0 saturated carbocycles. The van der Waals surface area contributed by atoms with Crippen molar-refractivity contribution in [3.8, 4) is 0 Å². The summed E-state index contributed by atoms with van der Waals surface area (Å²) in [6.07, 6.45) is 7.12. The summed E-state index contributed by atoms with van der Waals surface area (Å²) in [6, 6.07) is 12.4. The molecule has 2 aromatic rings. The van der Waals surface area contributed by atoms with Crippen LogP contribution in [-0.4, -0.2) is 10.8 Å². The molecular formula is C19H21NO. The number of benzene rings is 1. The lowest BCUT2D eigenvalue weighted by atomic mass is 9.97. The van der Waals surface area contributed by atoms with Crippen LogP contribution >= 0.6 is 0 Å². The van der Waals surface area contributed by atoms with Crippen LogP contribution in [0, 0.1) is 0 Å². The first-order chi connectivity index (χ1) is 10.3. The van der Waals surface area contributed by atoms with Crippen molar-refractivity contribution in [1.82, 2.24) is 4.98 Å². The third-order valence-corrected chi connectivity index (χ3v) is 4.14. The van der Waals surface area contributed by atoms with Gasteiger partial charge in [-0.25, -0.2) is 0 Å². The predicted octanol–water partition coefficient (Wildman–Crippen LogP) is 4.30. The first-order valence-electron chi connectivity index (χ1n) is 7.79. The fourth-order valence-electron chi connectivity index (χ4n) is 2.95. The molecule has 0 bridgehead atoms. The monoisotopic (exact) mass is 279 g/mol. The summed E-state index contributed by atoms with van der Waals surface area (Å²) in [5, 5.41) is 0. The largest absolute Gasteiger partial charge is 0.358 e. The SMILES string of the molecule is CCC(=O)/C=C(/c1ccccc1)c1cc2c([nH]1)CCCC2. The Hall–Kier alpha value is -2.09. The van der Waals surface area contributed by atoms with Crippen LogP contribution in [0.4, 0.5) is 0 Å². The molecular weight excluding hydrogens is 258 g/mol. The van der Waals surface area contributed by atoms with Gasteiger partial charge in [-0.2, -0.15) is 0 Å². The van der Waals surface area contributed by atoms with Crippen LogP contribution in [0.5, 0.6) is 0 Å². The number of H-pyrrole nitrogens is 1. The van der Waals surface area contributed by atoms with Crippen LogP contribution in [-0.2, 0) is 17.6 Å². The Morgan fingerprint density at radius 2 is 1.95 bits per heavy atom. The van der Waals surface area contributed by atoms with E-state index in [2.05, 4.69) is 23.2 Å². The Balaban J connectivity index is 2.05. The number of hydrogen-bond acceptors (Lipinski definition) is 1. The minimum atomic E-state index is 0.168. The molecule has 1 aromatic heterocycles. The molecule has 2 heteroatoms. The van der Waals surface area contributed by atoms with E-state index in [9.17, 15) is 4.79 Å². The summed E-state index contributed by atoms with van der Waals surface area (Å²) in [6.45, 7) is 1.90. The van der Waals surface area contributed by atoms with E-state index in [0.29, 0.717) is 6.42 Å². The zero-order valence-electron chi connectivity index (χ0n) is 12.5. The molecule has 2 nitrogen and oxygen atoms in total. The van der Waals surface area contributed by atoms with Crippen molar-refractivity contribution >= 4 is 11.4 Å². The minimum Gasteiger partial charge on any atom is -0.358 e. The van der Waals surface area contributed by atoms with E-state index in [4.69, 9.17) is 0 Å². The van der Waals surface area contributed by atoms with E-state index in [1.807, 2.05) is 25.1 Å². The predicted molar refractivity (Wildman–Crippen MR) is 86.3 cm³/mol. The molecule has 0 spiro atoms. The van der Waals surface area contributed by atoms with Crippen LogP contribution < -0.4 is 0 Å². The summed E-state index contributed by atoms with van der Waals surface area (Å²) in [5.74, 6) is 0.168. The van der Waals surface area contributed by atoms with Gasteiger partial charge in [-0.1, -0.05) is 37.3 Å². The quantitative estimate of drug-likeness (QED) is 0.831. The number of aromatic nitrogens is 1. The van der Waals surface area contributed by atoms with Gasteiger partial charge in [-0.15, -0.1) is 0 Å². The summed E-state index contributed by atoms with van der Waals surface area (Å²) >= 11 is 0. The van der Waals surface area contributed by atoms with Gasteiger partial charge in [0.05, 0.1) is 0 Å². The molecule has 0 saturated heterocycles. The maximum absolute atomic E-state index is 11.9. The summed E-state index contributed by atoms with van der Waals surface area (Å²) < 4.78 is 0. The number of allylic oxidation sites excluding steroid dienone is 1. The Bertz CT molecular complexity index is 641. The van der Waals surface area contributed by atoms with Gasteiger partial charge in [0, 0.05) is 23.4 Å². The normalized spacial score (nSPS) is 14.8. The standard InChI is InChI=1S/C19H21NO/c1-2-16(21)13-17(14-8-4-3-5-9-14)19-12-15-10-6-7-11-18(15)20-19/h3-5,8-9,12-13,20H,2,6-7,10-11H2,1H3/b17-13-. The smallest absolute Gasteiger partial charge is 0.156 e. The molecule has 0 fully saturated rings. The molecule has 3 rings (SSSR count). The Labute approximate surface area is 125 Å². The molecule has 1 N–H and O–H groups in total.